The monoisotopic (exact) mass is 325 g/mol. The third kappa shape index (κ3) is 5.12. The van der Waals surface area contributed by atoms with Crippen LogP contribution in [0.5, 0.6) is 11.5 Å². The van der Waals surface area contributed by atoms with Gasteiger partial charge < -0.3 is 9.47 Å². The van der Waals surface area contributed by atoms with Crippen molar-refractivity contribution in [1.29, 1.82) is 5.26 Å². The van der Waals surface area contributed by atoms with E-state index in [1.165, 1.54) is 0 Å². The van der Waals surface area contributed by atoms with Crippen molar-refractivity contribution in [3.05, 3.63) is 23.8 Å². The zero-order chi connectivity index (χ0) is 14.3. The molecule has 0 aliphatic rings. The number of nitriles is 1. The van der Waals surface area contributed by atoms with Gasteiger partial charge in [-0.05, 0) is 32.8 Å². The first-order chi connectivity index (χ1) is 9.02. The van der Waals surface area contributed by atoms with Crippen LogP contribution in [-0.2, 0) is 5.33 Å². The molecule has 0 saturated heterocycles. The molecule has 0 fully saturated rings. The minimum Gasteiger partial charge on any atom is -0.497 e. The minimum absolute atomic E-state index is 0.282. The second kappa shape index (κ2) is 7.40. The van der Waals surface area contributed by atoms with E-state index in [0.717, 1.165) is 35.2 Å². The number of benzene rings is 1. The van der Waals surface area contributed by atoms with Gasteiger partial charge in [-0.25, -0.2) is 0 Å². The number of methoxy groups -OCH3 is 1. The van der Waals surface area contributed by atoms with Gasteiger partial charge in [0.15, 0.2) is 0 Å². The Morgan fingerprint density at radius 3 is 2.68 bits per heavy atom. The summed E-state index contributed by atoms with van der Waals surface area (Å²) < 4.78 is 11.0. The summed E-state index contributed by atoms with van der Waals surface area (Å²) in [7, 11) is 1.64. The van der Waals surface area contributed by atoms with E-state index in [2.05, 4.69) is 22.0 Å². The molecular formula is C15H20BrNO2. The van der Waals surface area contributed by atoms with Crippen molar-refractivity contribution in [1.82, 2.24) is 0 Å². The van der Waals surface area contributed by atoms with Crippen molar-refractivity contribution >= 4 is 15.9 Å². The van der Waals surface area contributed by atoms with Gasteiger partial charge in [0.2, 0.25) is 0 Å². The SMILES string of the molecule is COc1ccc(CBr)c(OCCCC(C)(C)C#N)c1. The van der Waals surface area contributed by atoms with E-state index in [1.54, 1.807) is 7.11 Å². The Morgan fingerprint density at radius 1 is 1.37 bits per heavy atom. The lowest BCUT2D eigenvalue weighted by molar-refractivity contribution is 0.281. The van der Waals surface area contributed by atoms with Crippen molar-refractivity contribution in [2.75, 3.05) is 13.7 Å². The lowest BCUT2D eigenvalue weighted by Crippen LogP contribution is -2.10. The smallest absolute Gasteiger partial charge is 0.127 e. The van der Waals surface area contributed by atoms with E-state index >= 15 is 0 Å². The standard InChI is InChI=1S/C15H20BrNO2/c1-15(2,11-17)7-4-8-19-14-9-13(18-3)6-5-12(14)10-16/h5-6,9H,4,7-8,10H2,1-3H3. The zero-order valence-electron chi connectivity index (χ0n) is 11.7. The van der Waals surface area contributed by atoms with Gasteiger partial charge in [-0.2, -0.15) is 5.26 Å². The van der Waals surface area contributed by atoms with Gasteiger partial charge in [-0.1, -0.05) is 22.0 Å². The molecule has 1 aromatic carbocycles. The zero-order valence-corrected chi connectivity index (χ0v) is 13.3. The highest BCUT2D eigenvalue weighted by Gasteiger charge is 2.15. The van der Waals surface area contributed by atoms with Crippen molar-refractivity contribution < 1.29 is 9.47 Å². The van der Waals surface area contributed by atoms with E-state index in [0.29, 0.717) is 6.61 Å². The van der Waals surface area contributed by atoms with Crippen LogP contribution in [0.2, 0.25) is 0 Å². The van der Waals surface area contributed by atoms with Crippen LogP contribution in [0.3, 0.4) is 0 Å². The topological polar surface area (TPSA) is 42.2 Å². The fourth-order valence-corrected chi connectivity index (χ4v) is 2.12. The summed E-state index contributed by atoms with van der Waals surface area (Å²) in [5.74, 6) is 1.63. The second-order valence-corrected chi connectivity index (χ2v) is 5.62. The Labute approximate surface area is 123 Å². The van der Waals surface area contributed by atoms with Gasteiger partial charge in [-0.15, -0.1) is 0 Å². The predicted molar refractivity (Wildman–Crippen MR) is 79.7 cm³/mol. The molecule has 19 heavy (non-hydrogen) atoms. The molecule has 4 heteroatoms. The molecule has 1 aromatic rings. The largest absolute Gasteiger partial charge is 0.497 e. The molecule has 0 aliphatic carbocycles. The number of nitrogens with zero attached hydrogens (tertiary/aromatic N) is 1. The van der Waals surface area contributed by atoms with Gasteiger partial charge >= 0.3 is 0 Å². The Bertz CT molecular complexity index is 452. The highest BCUT2D eigenvalue weighted by atomic mass is 79.9. The first kappa shape index (κ1) is 15.8. The minimum atomic E-state index is -0.282. The van der Waals surface area contributed by atoms with E-state index in [1.807, 2.05) is 32.0 Å². The van der Waals surface area contributed by atoms with Crippen LogP contribution in [0.4, 0.5) is 0 Å². The van der Waals surface area contributed by atoms with Crippen LogP contribution in [0, 0.1) is 16.7 Å². The fraction of sp³-hybridized carbons (Fsp3) is 0.533. The maximum atomic E-state index is 8.95. The van der Waals surface area contributed by atoms with E-state index in [9.17, 15) is 0 Å². The molecule has 0 aromatic heterocycles. The lowest BCUT2D eigenvalue weighted by atomic mass is 9.90. The van der Waals surface area contributed by atoms with Gasteiger partial charge in [0.1, 0.15) is 11.5 Å². The molecule has 0 heterocycles. The first-order valence-electron chi connectivity index (χ1n) is 6.29. The molecule has 3 nitrogen and oxygen atoms in total. The van der Waals surface area contributed by atoms with E-state index in [4.69, 9.17) is 14.7 Å². The van der Waals surface area contributed by atoms with Gasteiger partial charge in [-0.3, -0.25) is 0 Å². The van der Waals surface area contributed by atoms with Gasteiger partial charge in [0.25, 0.3) is 0 Å². The summed E-state index contributed by atoms with van der Waals surface area (Å²) in [4.78, 5) is 0. The third-order valence-corrected chi connectivity index (χ3v) is 3.53. The summed E-state index contributed by atoms with van der Waals surface area (Å²) in [5.41, 5.74) is 0.816. The Hall–Kier alpha value is -1.21. The highest BCUT2D eigenvalue weighted by molar-refractivity contribution is 9.08. The molecule has 0 amide bonds. The number of alkyl halides is 1. The molecule has 0 aliphatic heterocycles. The Kier molecular flexibility index (Phi) is 6.17. The summed E-state index contributed by atoms with van der Waals surface area (Å²) >= 11 is 3.44. The Balaban J connectivity index is 2.55. The molecule has 0 N–H and O–H groups in total. The molecule has 104 valence electrons. The van der Waals surface area contributed by atoms with Crippen molar-refractivity contribution in [3.8, 4) is 17.6 Å². The number of hydrogen-bond acceptors (Lipinski definition) is 3. The van der Waals surface area contributed by atoms with Crippen LogP contribution < -0.4 is 9.47 Å². The molecule has 0 unspecified atom stereocenters. The summed E-state index contributed by atoms with van der Waals surface area (Å²) in [6.07, 6.45) is 1.69. The van der Waals surface area contributed by atoms with Crippen molar-refractivity contribution in [2.45, 2.75) is 32.0 Å². The van der Waals surface area contributed by atoms with Crippen LogP contribution >= 0.6 is 15.9 Å². The molecule has 1 rings (SSSR count). The average molecular weight is 326 g/mol. The molecule has 0 atom stereocenters. The number of hydrogen-bond donors (Lipinski definition) is 0. The summed E-state index contributed by atoms with van der Waals surface area (Å²) in [6.45, 7) is 4.50. The number of rotatable bonds is 7. The molecular weight excluding hydrogens is 306 g/mol. The van der Waals surface area contributed by atoms with Crippen LogP contribution in [0.25, 0.3) is 0 Å². The van der Waals surface area contributed by atoms with Crippen LogP contribution in [0.1, 0.15) is 32.3 Å². The Morgan fingerprint density at radius 2 is 2.11 bits per heavy atom. The molecule has 0 bridgehead atoms. The second-order valence-electron chi connectivity index (χ2n) is 5.05. The van der Waals surface area contributed by atoms with E-state index < -0.39 is 0 Å². The van der Waals surface area contributed by atoms with Crippen molar-refractivity contribution in [2.24, 2.45) is 5.41 Å². The third-order valence-electron chi connectivity index (χ3n) is 2.92. The van der Waals surface area contributed by atoms with Gasteiger partial charge in [0, 0.05) is 17.0 Å². The maximum Gasteiger partial charge on any atom is 0.127 e. The van der Waals surface area contributed by atoms with Gasteiger partial charge in [0.05, 0.1) is 25.2 Å². The maximum absolute atomic E-state index is 8.95. The summed E-state index contributed by atoms with van der Waals surface area (Å²) in [5, 5.41) is 9.69. The highest BCUT2D eigenvalue weighted by Crippen LogP contribution is 2.27. The average Bonchev–Trinajstić information content (AvgIpc) is 2.43. The quantitative estimate of drug-likeness (QED) is 0.554. The first-order valence-corrected chi connectivity index (χ1v) is 7.41. The summed E-state index contributed by atoms with van der Waals surface area (Å²) in [6, 6.07) is 8.10. The predicted octanol–water partition coefficient (Wildman–Crippen LogP) is 4.30. The molecule has 0 spiro atoms. The fourth-order valence-electron chi connectivity index (χ4n) is 1.66. The van der Waals surface area contributed by atoms with Crippen molar-refractivity contribution in [3.63, 3.8) is 0 Å². The molecule has 0 radical (unpaired) electrons. The number of halogens is 1. The van der Waals surface area contributed by atoms with Crippen LogP contribution in [0.15, 0.2) is 18.2 Å². The molecule has 0 saturated carbocycles. The van der Waals surface area contributed by atoms with Crippen LogP contribution in [-0.4, -0.2) is 13.7 Å². The lowest BCUT2D eigenvalue weighted by Gasteiger charge is -2.16. The van der Waals surface area contributed by atoms with E-state index in [-0.39, 0.29) is 5.41 Å². The normalized spacial score (nSPS) is 10.9. The number of ether oxygens (including phenoxy) is 2.